The lowest BCUT2D eigenvalue weighted by Crippen LogP contribution is -2.36. The van der Waals surface area contributed by atoms with Gasteiger partial charge in [0, 0.05) is 18.4 Å². The molecule has 3 heterocycles. The van der Waals surface area contributed by atoms with Crippen LogP contribution >= 0.6 is 0 Å². The van der Waals surface area contributed by atoms with Crippen molar-refractivity contribution in [2.24, 2.45) is 0 Å². The molecular weight excluding hydrogens is 346 g/mol. The number of amides is 3. The number of benzene rings is 1. The monoisotopic (exact) mass is 365 g/mol. The number of aromatic nitrogens is 1. The zero-order valence-electron chi connectivity index (χ0n) is 14.9. The number of carbonyl (C=O) groups is 3. The highest BCUT2D eigenvalue weighted by molar-refractivity contribution is 6.22. The van der Waals surface area contributed by atoms with Crippen molar-refractivity contribution in [3.8, 4) is 0 Å². The predicted octanol–water partition coefficient (Wildman–Crippen LogP) is 2.42. The number of carbonyl (C=O) groups excluding carboxylic acids is 3. The summed E-state index contributed by atoms with van der Waals surface area (Å²) >= 11 is 0. The summed E-state index contributed by atoms with van der Waals surface area (Å²) in [5, 5.41) is 2.71. The van der Waals surface area contributed by atoms with E-state index in [4.69, 9.17) is 4.74 Å². The summed E-state index contributed by atoms with van der Waals surface area (Å²) in [4.78, 5) is 43.0. The van der Waals surface area contributed by atoms with Crippen LogP contribution in [0.3, 0.4) is 0 Å². The van der Waals surface area contributed by atoms with Gasteiger partial charge in [0.25, 0.3) is 17.7 Å². The Hall–Kier alpha value is -3.06. The number of ether oxygens (including phenoxy) is 1. The molecule has 0 spiro atoms. The molecule has 2 aromatic rings. The lowest BCUT2D eigenvalue weighted by molar-refractivity contribution is 0.0475. The van der Waals surface area contributed by atoms with Crippen LogP contribution in [0, 0.1) is 6.92 Å². The molecule has 27 heavy (non-hydrogen) atoms. The number of imide groups is 1. The Morgan fingerprint density at radius 3 is 2.78 bits per heavy atom. The van der Waals surface area contributed by atoms with Gasteiger partial charge in [0.2, 0.25) is 0 Å². The van der Waals surface area contributed by atoms with Crippen molar-refractivity contribution < 1.29 is 19.1 Å². The topological polar surface area (TPSA) is 88.6 Å². The lowest BCUT2D eigenvalue weighted by atomic mass is 10.1. The Labute approximate surface area is 156 Å². The molecule has 1 fully saturated rings. The molecule has 2 aliphatic heterocycles. The molecule has 7 nitrogen and oxygen atoms in total. The van der Waals surface area contributed by atoms with Gasteiger partial charge >= 0.3 is 0 Å². The zero-order valence-corrected chi connectivity index (χ0v) is 14.9. The molecule has 0 radical (unpaired) electrons. The molecule has 2 aliphatic rings. The van der Waals surface area contributed by atoms with Gasteiger partial charge in [-0.25, -0.2) is 4.98 Å². The molecule has 7 heteroatoms. The van der Waals surface area contributed by atoms with E-state index in [-0.39, 0.29) is 35.9 Å². The van der Waals surface area contributed by atoms with E-state index in [1.165, 1.54) is 17.0 Å². The van der Waals surface area contributed by atoms with Gasteiger partial charge < -0.3 is 10.1 Å². The van der Waals surface area contributed by atoms with E-state index < -0.39 is 0 Å². The number of hydrogen-bond acceptors (Lipinski definition) is 5. The first-order valence-corrected chi connectivity index (χ1v) is 8.89. The zero-order chi connectivity index (χ0) is 19.0. The van der Waals surface area contributed by atoms with E-state index in [1.54, 1.807) is 18.3 Å². The third kappa shape index (κ3) is 3.33. The standard InChI is InChI=1S/C20H19N3O4/c1-12-6-7-21-17(9-12)22-18(24)13-4-5-15-16(10-13)20(26)23(19(15)25)11-14-3-2-8-27-14/h4-7,9-10,14H,2-3,8,11H2,1H3,(H,21,22,24)/t14-/m0/s1. The Balaban J connectivity index is 1.54. The molecule has 1 saturated heterocycles. The summed E-state index contributed by atoms with van der Waals surface area (Å²) in [6.07, 6.45) is 3.27. The Kier molecular flexibility index (Phi) is 4.45. The summed E-state index contributed by atoms with van der Waals surface area (Å²) in [6.45, 7) is 2.81. The third-order valence-corrected chi connectivity index (χ3v) is 4.80. The molecule has 0 saturated carbocycles. The van der Waals surface area contributed by atoms with E-state index in [2.05, 4.69) is 10.3 Å². The predicted molar refractivity (Wildman–Crippen MR) is 97.7 cm³/mol. The number of fused-ring (bicyclic) bond motifs is 1. The maximum Gasteiger partial charge on any atom is 0.261 e. The van der Waals surface area contributed by atoms with Crippen molar-refractivity contribution in [1.29, 1.82) is 0 Å². The van der Waals surface area contributed by atoms with Crippen LogP contribution in [0.5, 0.6) is 0 Å². The van der Waals surface area contributed by atoms with Gasteiger partial charge in [0.05, 0.1) is 23.8 Å². The number of pyridine rings is 1. The summed E-state index contributed by atoms with van der Waals surface area (Å²) in [5.74, 6) is -0.664. The minimum Gasteiger partial charge on any atom is -0.376 e. The molecule has 1 aromatic carbocycles. The average molecular weight is 365 g/mol. The quantitative estimate of drug-likeness (QED) is 0.841. The second-order valence-corrected chi connectivity index (χ2v) is 6.79. The highest BCUT2D eigenvalue weighted by Crippen LogP contribution is 2.26. The fourth-order valence-corrected chi connectivity index (χ4v) is 3.38. The molecular formula is C20H19N3O4. The molecule has 0 unspecified atom stereocenters. The Morgan fingerprint density at radius 1 is 1.22 bits per heavy atom. The van der Waals surface area contributed by atoms with Crippen LogP contribution in [0.2, 0.25) is 0 Å². The fraction of sp³-hybridized carbons (Fsp3) is 0.300. The fourth-order valence-electron chi connectivity index (χ4n) is 3.38. The lowest BCUT2D eigenvalue weighted by Gasteiger charge is -2.17. The van der Waals surface area contributed by atoms with Crippen LogP contribution in [-0.4, -0.2) is 46.9 Å². The van der Waals surface area contributed by atoms with Crippen LogP contribution in [0.25, 0.3) is 0 Å². The molecule has 138 valence electrons. The molecule has 1 N–H and O–H groups in total. The van der Waals surface area contributed by atoms with Crippen molar-refractivity contribution in [1.82, 2.24) is 9.88 Å². The van der Waals surface area contributed by atoms with Crippen LogP contribution in [0.4, 0.5) is 5.82 Å². The minimum atomic E-state index is -0.381. The van der Waals surface area contributed by atoms with E-state index in [9.17, 15) is 14.4 Å². The van der Waals surface area contributed by atoms with Crippen LogP contribution in [0.1, 0.15) is 49.5 Å². The largest absolute Gasteiger partial charge is 0.376 e. The van der Waals surface area contributed by atoms with Crippen molar-refractivity contribution in [3.05, 3.63) is 58.8 Å². The van der Waals surface area contributed by atoms with Gasteiger partial charge in [0.1, 0.15) is 5.82 Å². The minimum absolute atomic E-state index is 0.109. The number of nitrogens with one attached hydrogen (secondary N) is 1. The molecule has 1 atom stereocenters. The second-order valence-electron chi connectivity index (χ2n) is 6.79. The Bertz CT molecular complexity index is 935. The molecule has 0 aliphatic carbocycles. The van der Waals surface area contributed by atoms with Gasteiger partial charge in [-0.05, 0) is 55.7 Å². The summed E-state index contributed by atoms with van der Waals surface area (Å²) in [5.41, 5.74) is 1.85. The van der Waals surface area contributed by atoms with E-state index in [0.717, 1.165) is 18.4 Å². The molecule has 1 aromatic heterocycles. The highest BCUT2D eigenvalue weighted by Gasteiger charge is 2.37. The van der Waals surface area contributed by atoms with Crippen LogP contribution in [0.15, 0.2) is 36.5 Å². The van der Waals surface area contributed by atoms with Crippen LogP contribution in [-0.2, 0) is 4.74 Å². The Morgan fingerprint density at radius 2 is 2.04 bits per heavy atom. The number of nitrogens with zero attached hydrogens (tertiary/aromatic N) is 2. The van der Waals surface area contributed by atoms with Crippen LogP contribution < -0.4 is 5.32 Å². The summed E-state index contributed by atoms with van der Waals surface area (Å²) in [7, 11) is 0. The van der Waals surface area contributed by atoms with E-state index >= 15 is 0 Å². The maximum absolute atomic E-state index is 12.7. The van der Waals surface area contributed by atoms with Crippen molar-refractivity contribution >= 4 is 23.5 Å². The summed E-state index contributed by atoms with van der Waals surface area (Å²) in [6, 6.07) is 8.13. The third-order valence-electron chi connectivity index (χ3n) is 4.80. The first kappa shape index (κ1) is 17.4. The van der Waals surface area contributed by atoms with E-state index in [0.29, 0.717) is 23.6 Å². The molecule has 4 rings (SSSR count). The number of anilines is 1. The SMILES string of the molecule is Cc1ccnc(NC(=O)c2ccc3c(c2)C(=O)N(C[C@@H]2CCCO2)C3=O)c1. The van der Waals surface area contributed by atoms with Gasteiger partial charge in [-0.15, -0.1) is 0 Å². The average Bonchev–Trinajstić information content (AvgIpc) is 3.25. The molecule has 3 amide bonds. The van der Waals surface area contributed by atoms with Gasteiger partial charge in [-0.2, -0.15) is 0 Å². The maximum atomic E-state index is 12.7. The van der Waals surface area contributed by atoms with Crippen molar-refractivity contribution in [2.75, 3.05) is 18.5 Å². The first-order chi connectivity index (χ1) is 13.0. The number of hydrogen-bond donors (Lipinski definition) is 1. The number of aryl methyl sites for hydroxylation is 1. The number of rotatable bonds is 4. The van der Waals surface area contributed by atoms with Gasteiger partial charge in [0.15, 0.2) is 0 Å². The highest BCUT2D eigenvalue weighted by atomic mass is 16.5. The smallest absolute Gasteiger partial charge is 0.261 e. The first-order valence-electron chi connectivity index (χ1n) is 8.89. The molecule has 0 bridgehead atoms. The van der Waals surface area contributed by atoms with Gasteiger partial charge in [-0.3, -0.25) is 19.3 Å². The van der Waals surface area contributed by atoms with Gasteiger partial charge in [-0.1, -0.05) is 0 Å². The van der Waals surface area contributed by atoms with Crippen molar-refractivity contribution in [2.45, 2.75) is 25.9 Å². The van der Waals surface area contributed by atoms with Crippen molar-refractivity contribution in [3.63, 3.8) is 0 Å². The normalized spacial score (nSPS) is 18.7. The summed E-state index contributed by atoms with van der Waals surface area (Å²) < 4.78 is 5.53. The van der Waals surface area contributed by atoms with E-state index in [1.807, 2.05) is 13.0 Å². The second kappa shape index (κ2) is 6.92.